The summed E-state index contributed by atoms with van der Waals surface area (Å²) in [5, 5.41) is 0. The standard InChI is InChI=1S/C12H22O3.Al.3H/c1-7-12(8(2)3,10(6)13)11(14)15-9(4)5;;;;/h8-9H,7H2,1-6H3;;;;. The molecule has 0 aromatic rings. The van der Waals surface area contributed by atoms with Gasteiger partial charge < -0.3 is 4.74 Å². The van der Waals surface area contributed by atoms with Gasteiger partial charge in [-0.3, -0.25) is 9.59 Å². The van der Waals surface area contributed by atoms with E-state index in [-0.39, 0.29) is 41.1 Å². The van der Waals surface area contributed by atoms with E-state index in [9.17, 15) is 9.59 Å². The molecule has 0 saturated carbocycles. The predicted octanol–water partition coefficient (Wildman–Crippen LogP) is 1.40. The molecule has 0 fully saturated rings. The van der Waals surface area contributed by atoms with Crippen LogP contribution in [-0.4, -0.2) is 35.2 Å². The molecule has 0 rings (SSSR count). The molecule has 0 heterocycles. The Morgan fingerprint density at radius 3 is 1.81 bits per heavy atom. The van der Waals surface area contributed by atoms with Crippen molar-refractivity contribution in [1.82, 2.24) is 0 Å². The topological polar surface area (TPSA) is 43.4 Å². The number of hydrogen-bond acceptors (Lipinski definition) is 3. The van der Waals surface area contributed by atoms with Crippen LogP contribution in [0, 0.1) is 11.3 Å². The molecule has 0 aliphatic carbocycles. The molecule has 0 amide bonds. The number of hydrogen-bond donors (Lipinski definition) is 0. The van der Waals surface area contributed by atoms with Crippen LogP contribution in [0.1, 0.15) is 48.0 Å². The van der Waals surface area contributed by atoms with Crippen molar-refractivity contribution in [3.05, 3.63) is 0 Å². The Labute approximate surface area is 109 Å². The third-order valence-corrected chi connectivity index (χ3v) is 2.88. The van der Waals surface area contributed by atoms with Crippen LogP contribution in [0.5, 0.6) is 0 Å². The normalized spacial score (nSPS) is 14.2. The maximum atomic E-state index is 11.9. The first kappa shape index (κ1) is 18.0. The second-order valence-corrected chi connectivity index (χ2v) is 4.49. The lowest BCUT2D eigenvalue weighted by molar-refractivity contribution is -0.167. The van der Waals surface area contributed by atoms with E-state index in [0.29, 0.717) is 6.42 Å². The van der Waals surface area contributed by atoms with Crippen molar-refractivity contribution in [2.24, 2.45) is 11.3 Å². The quantitative estimate of drug-likeness (QED) is 0.417. The lowest BCUT2D eigenvalue weighted by Gasteiger charge is -2.32. The fourth-order valence-electron chi connectivity index (χ4n) is 1.91. The van der Waals surface area contributed by atoms with E-state index in [1.807, 2.05) is 20.8 Å². The van der Waals surface area contributed by atoms with Gasteiger partial charge in [0.25, 0.3) is 0 Å². The number of ether oxygens (including phenoxy) is 1. The fraction of sp³-hybridized carbons (Fsp3) is 0.833. The van der Waals surface area contributed by atoms with Gasteiger partial charge >= 0.3 is 5.97 Å². The van der Waals surface area contributed by atoms with Gasteiger partial charge in [0.15, 0.2) is 17.4 Å². The number of rotatable bonds is 5. The molecule has 0 N–H and O–H groups in total. The van der Waals surface area contributed by atoms with Gasteiger partial charge in [-0.15, -0.1) is 0 Å². The van der Waals surface area contributed by atoms with Crippen molar-refractivity contribution in [2.45, 2.75) is 54.1 Å². The molecular weight excluding hydrogens is 219 g/mol. The minimum absolute atomic E-state index is 0. The summed E-state index contributed by atoms with van der Waals surface area (Å²) >= 11 is 0. The number of ketones is 1. The molecule has 16 heavy (non-hydrogen) atoms. The molecule has 1 unspecified atom stereocenters. The maximum absolute atomic E-state index is 11.9. The molecule has 94 valence electrons. The zero-order valence-corrected chi connectivity index (χ0v) is 10.6. The van der Waals surface area contributed by atoms with Crippen LogP contribution in [0.4, 0.5) is 0 Å². The van der Waals surface area contributed by atoms with Gasteiger partial charge in [0.05, 0.1) is 6.10 Å². The Kier molecular flexibility index (Phi) is 7.99. The highest BCUT2D eigenvalue weighted by molar-refractivity contribution is 6.03. The van der Waals surface area contributed by atoms with Crippen LogP contribution in [-0.2, 0) is 14.3 Å². The summed E-state index contributed by atoms with van der Waals surface area (Å²) in [5.41, 5.74) is -0.968. The van der Waals surface area contributed by atoms with Crippen LogP contribution in [0.25, 0.3) is 0 Å². The molecule has 0 spiro atoms. The third kappa shape index (κ3) is 3.61. The summed E-state index contributed by atoms with van der Waals surface area (Å²) in [5.74, 6) is -0.528. The smallest absolute Gasteiger partial charge is 0.320 e. The minimum Gasteiger partial charge on any atom is -0.462 e. The molecule has 0 aliphatic heterocycles. The van der Waals surface area contributed by atoms with Crippen LogP contribution < -0.4 is 0 Å². The number of esters is 1. The molecule has 0 radical (unpaired) electrons. The van der Waals surface area contributed by atoms with E-state index in [1.54, 1.807) is 13.8 Å². The minimum atomic E-state index is -0.968. The zero-order chi connectivity index (χ0) is 12.2. The van der Waals surface area contributed by atoms with Crippen LogP contribution >= 0.6 is 0 Å². The maximum Gasteiger partial charge on any atom is 0.320 e. The first-order valence-electron chi connectivity index (χ1n) is 5.51. The van der Waals surface area contributed by atoms with E-state index < -0.39 is 5.41 Å². The molecule has 0 aromatic heterocycles. The Morgan fingerprint density at radius 2 is 1.62 bits per heavy atom. The highest BCUT2D eigenvalue weighted by Gasteiger charge is 2.46. The van der Waals surface area contributed by atoms with E-state index in [0.717, 1.165) is 0 Å². The first-order valence-corrected chi connectivity index (χ1v) is 5.51. The Hall–Kier alpha value is -0.328. The molecule has 0 aromatic carbocycles. The molecule has 0 saturated heterocycles. The van der Waals surface area contributed by atoms with Gasteiger partial charge in [0, 0.05) is 0 Å². The molecule has 1 atom stereocenters. The molecular formula is C12H25AlO3. The molecule has 0 bridgehead atoms. The van der Waals surface area contributed by atoms with E-state index in [4.69, 9.17) is 4.74 Å². The van der Waals surface area contributed by atoms with Crippen molar-refractivity contribution in [3.8, 4) is 0 Å². The second kappa shape index (κ2) is 7.09. The summed E-state index contributed by atoms with van der Waals surface area (Å²) in [7, 11) is 0. The van der Waals surface area contributed by atoms with Gasteiger partial charge in [-0.1, -0.05) is 20.8 Å². The Balaban J connectivity index is 0. The second-order valence-electron chi connectivity index (χ2n) is 4.49. The van der Waals surface area contributed by atoms with Crippen LogP contribution in [0.15, 0.2) is 0 Å². The molecule has 3 nitrogen and oxygen atoms in total. The van der Waals surface area contributed by atoms with E-state index >= 15 is 0 Å². The van der Waals surface area contributed by atoms with Crippen molar-refractivity contribution >= 4 is 29.1 Å². The van der Waals surface area contributed by atoms with E-state index in [2.05, 4.69) is 0 Å². The largest absolute Gasteiger partial charge is 0.462 e. The number of carbonyl (C=O) groups excluding carboxylic acids is 2. The highest BCUT2D eigenvalue weighted by atomic mass is 27.0. The average Bonchev–Trinajstić information content (AvgIpc) is 2.02. The summed E-state index contributed by atoms with van der Waals surface area (Å²) < 4.78 is 5.17. The summed E-state index contributed by atoms with van der Waals surface area (Å²) in [6.45, 7) is 10.7. The summed E-state index contributed by atoms with van der Waals surface area (Å²) in [6.07, 6.45) is 0.312. The Morgan fingerprint density at radius 1 is 1.19 bits per heavy atom. The third-order valence-electron chi connectivity index (χ3n) is 2.88. The number of Topliss-reactive ketones (excluding diaryl/α,β-unsaturated/α-hetero) is 1. The monoisotopic (exact) mass is 244 g/mol. The van der Waals surface area contributed by atoms with Gasteiger partial charge in [-0.05, 0) is 33.1 Å². The van der Waals surface area contributed by atoms with Gasteiger partial charge in [-0.25, -0.2) is 0 Å². The van der Waals surface area contributed by atoms with Crippen molar-refractivity contribution in [1.29, 1.82) is 0 Å². The van der Waals surface area contributed by atoms with Gasteiger partial charge in [0.2, 0.25) is 0 Å². The predicted molar refractivity (Wildman–Crippen MR) is 69.4 cm³/mol. The fourth-order valence-corrected chi connectivity index (χ4v) is 1.91. The Bertz CT molecular complexity index is 249. The molecule has 4 heteroatoms. The highest BCUT2D eigenvalue weighted by Crippen LogP contribution is 2.34. The first-order chi connectivity index (χ1) is 6.78. The number of carbonyl (C=O) groups is 2. The summed E-state index contributed by atoms with van der Waals surface area (Å²) in [4.78, 5) is 23.6. The van der Waals surface area contributed by atoms with E-state index in [1.165, 1.54) is 6.92 Å². The van der Waals surface area contributed by atoms with Crippen molar-refractivity contribution < 1.29 is 14.3 Å². The zero-order valence-electron chi connectivity index (χ0n) is 10.6. The average molecular weight is 244 g/mol. The van der Waals surface area contributed by atoms with Crippen LogP contribution in [0.2, 0.25) is 0 Å². The SMILES string of the molecule is CCC(C(C)=O)(C(=O)OC(C)C)C(C)C.[AlH3]. The van der Waals surface area contributed by atoms with Gasteiger partial charge in [-0.2, -0.15) is 0 Å². The molecule has 0 aliphatic rings. The lowest BCUT2D eigenvalue weighted by Crippen LogP contribution is -2.44. The summed E-state index contributed by atoms with van der Waals surface area (Å²) in [6, 6.07) is 0. The van der Waals surface area contributed by atoms with Crippen molar-refractivity contribution in [2.75, 3.05) is 0 Å². The van der Waals surface area contributed by atoms with Crippen LogP contribution in [0.3, 0.4) is 0 Å². The van der Waals surface area contributed by atoms with Gasteiger partial charge in [0.1, 0.15) is 11.2 Å². The van der Waals surface area contributed by atoms with Crippen molar-refractivity contribution in [3.63, 3.8) is 0 Å². The lowest BCUT2D eigenvalue weighted by atomic mass is 9.72.